The minimum atomic E-state index is -0.705. The first kappa shape index (κ1) is 24.6. The van der Waals surface area contributed by atoms with E-state index in [1.807, 2.05) is 60.9 Å². The van der Waals surface area contributed by atoms with Crippen LogP contribution in [0.25, 0.3) is 10.9 Å². The third-order valence-electron chi connectivity index (χ3n) is 6.77. The summed E-state index contributed by atoms with van der Waals surface area (Å²) in [4.78, 5) is 34.8. The number of para-hydroxylation sites is 1. The summed E-state index contributed by atoms with van der Waals surface area (Å²) in [6, 6.07) is 20.5. The largest absolute Gasteiger partial charge is 0.493 e. The predicted molar refractivity (Wildman–Crippen MR) is 146 cm³/mol. The molecular formula is C29H27N3O4S. The zero-order chi connectivity index (χ0) is 26.1. The molecule has 2 heterocycles. The molecule has 0 saturated carbocycles. The van der Waals surface area contributed by atoms with Crippen molar-refractivity contribution in [3.63, 3.8) is 0 Å². The Balaban J connectivity index is 1.63. The second-order valence-corrected chi connectivity index (χ2v) is 9.69. The summed E-state index contributed by atoms with van der Waals surface area (Å²) in [6.45, 7) is 0. The first-order chi connectivity index (χ1) is 17.9. The third kappa shape index (κ3) is 4.49. The van der Waals surface area contributed by atoms with Crippen LogP contribution in [0.3, 0.4) is 0 Å². The van der Waals surface area contributed by atoms with Crippen LogP contribution >= 0.6 is 11.8 Å². The zero-order valence-electron chi connectivity index (χ0n) is 21.0. The van der Waals surface area contributed by atoms with E-state index in [4.69, 9.17) is 9.47 Å². The number of ether oxygens (including phenoxy) is 2. The van der Waals surface area contributed by atoms with Crippen LogP contribution in [0, 0.1) is 0 Å². The lowest BCUT2D eigenvalue weighted by Gasteiger charge is -2.40. The summed E-state index contributed by atoms with van der Waals surface area (Å²) in [5.41, 5.74) is 3.30. The Bertz CT molecular complexity index is 1490. The van der Waals surface area contributed by atoms with E-state index in [2.05, 4.69) is 10.3 Å². The number of carbonyl (C=O) groups excluding carboxylic acids is 2. The highest BCUT2D eigenvalue weighted by Gasteiger charge is 2.43. The van der Waals surface area contributed by atoms with Gasteiger partial charge in [-0.2, -0.15) is 0 Å². The number of nitrogens with zero attached hydrogens (tertiary/aromatic N) is 2. The second-order valence-electron chi connectivity index (χ2n) is 8.81. The molecule has 0 saturated heterocycles. The summed E-state index contributed by atoms with van der Waals surface area (Å²) in [6.07, 6.45) is 3.66. The smallest absolute Gasteiger partial charge is 0.254 e. The van der Waals surface area contributed by atoms with Crippen molar-refractivity contribution in [2.45, 2.75) is 16.9 Å². The van der Waals surface area contributed by atoms with Gasteiger partial charge in [-0.3, -0.25) is 14.6 Å². The monoisotopic (exact) mass is 513 g/mol. The Hall–Kier alpha value is -4.04. The maximum Gasteiger partial charge on any atom is 0.254 e. The normalized spacial score (nSPS) is 16.9. The maximum atomic E-state index is 14.0. The van der Waals surface area contributed by atoms with Crippen molar-refractivity contribution >= 4 is 40.2 Å². The lowest BCUT2D eigenvalue weighted by molar-refractivity contribution is -0.119. The van der Waals surface area contributed by atoms with Gasteiger partial charge in [-0.25, -0.2) is 0 Å². The van der Waals surface area contributed by atoms with Crippen LogP contribution in [0.5, 0.6) is 11.5 Å². The average molecular weight is 514 g/mol. The molecule has 188 valence electrons. The van der Waals surface area contributed by atoms with Crippen LogP contribution in [-0.4, -0.2) is 49.2 Å². The minimum absolute atomic E-state index is 0.189. The number of pyridine rings is 1. The van der Waals surface area contributed by atoms with Crippen LogP contribution in [0.4, 0.5) is 5.69 Å². The standard InChI is InChI=1S/C29H27N3O4S/c1-32-27(17-9-11-20(37-4)12-10-17)26(21-14-24(35-2)25(36-3)15-22(21)29(32)34)28(33)31-19-13-18-7-5-6-8-23(18)30-16-19/h5-16,26-27H,1-4H3,(H,31,33)/t26-,27-/m0/s1. The van der Waals surface area contributed by atoms with Gasteiger partial charge < -0.3 is 19.7 Å². The van der Waals surface area contributed by atoms with Crippen molar-refractivity contribution in [1.29, 1.82) is 0 Å². The lowest BCUT2D eigenvalue weighted by atomic mass is 9.79. The number of fused-ring (bicyclic) bond motifs is 2. The SMILES string of the molecule is COc1cc2c(cc1OC)[C@H](C(=O)Nc1cnc3ccccc3c1)[C@H](c1ccc(SC)cc1)N(C)C2=O. The molecule has 4 aromatic rings. The molecule has 1 N–H and O–H groups in total. The fourth-order valence-electron chi connectivity index (χ4n) is 4.91. The van der Waals surface area contributed by atoms with Crippen molar-refractivity contribution in [3.05, 3.63) is 89.6 Å². The van der Waals surface area contributed by atoms with Gasteiger partial charge in [0.25, 0.3) is 5.91 Å². The van der Waals surface area contributed by atoms with Gasteiger partial charge in [-0.1, -0.05) is 30.3 Å². The molecule has 0 radical (unpaired) electrons. The number of methoxy groups -OCH3 is 2. The van der Waals surface area contributed by atoms with E-state index in [0.717, 1.165) is 21.4 Å². The first-order valence-corrected chi connectivity index (χ1v) is 13.0. The van der Waals surface area contributed by atoms with E-state index < -0.39 is 12.0 Å². The van der Waals surface area contributed by atoms with Crippen molar-refractivity contribution < 1.29 is 19.1 Å². The molecule has 1 aliphatic rings. The van der Waals surface area contributed by atoms with Crippen molar-refractivity contribution in [2.24, 2.45) is 0 Å². The number of thioether (sulfide) groups is 1. The quantitative estimate of drug-likeness (QED) is 0.342. The van der Waals surface area contributed by atoms with E-state index in [1.54, 1.807) is 42.0 Å². The highest BCUT2D eigenvalue weighted by atomic mass is 32.2. The fraction of sp³-hybridized carbons (Fsp3) is 0.207. The lowest BCUT2D eigenvalue weighted by Crippen LogP contribution is -2.44. The van der Waals surface area contributed by atoms with E-state index in [0.29, 0.717) is 28.3 Å². The maximum absolute atomic E-state index is 14.0. The molecule has 1 aliphatic heterocycles. The van der Waals surface area contributed by atoms with Crippen LogP contribution in [0.1, 0.15) is 33.4 Å². The molecular weight excluding hydrogens is 486 g/mol. The topological polar surface area (TPSA) is 80.8 Å². The van der Waals surface area contributed by atoms with Crippen LogP contribution in [0.15, 0.2) is 77.8 Å². The second kappa shape index (κ2) is 10.1. The molecule has 0 aliphatic carbocycles. The molecule has 8 heteroatoms. The molecule has 37 heavy (non-hydrogen) atoms. The highest BCUT2D eigenvalue weighted by Crippen LogP contribution is 2.46. The Morgan fingerprint density at radius 2 is 1.70 bits per heavy atom. The Morgan fingerprint density at radius 3 is 2.41 bits per heavy atom. The molecule has 2 atom stereocenters. The molecule has 5 rings (SSSR count). The van der Waals surface area contributed by atoms with Gasteiger partial charge in [0.2, 0.25) is 5.91 Å². The number of hydrogen-bond acceptors (Lipinski definition) is 6. The fourth-order valence-corrected chi connectivity index (χ4v) is 5.32. The number of amides is 2. The first-order valence-electron chi connectivity index (χ1n) is 11.8. The number of rotatable bonds is 6. The van der Waals surface area contributed by atoms with Crippen LogP contribution in [-0.2, 0) is 4.79 Å². The van der Waals surface area contributed by atoms with Gasteiger partial charge >= 0.3 is 0 Å². The Kier molecular flexibility index (Phi) is 6.76. The summed E-state index contributed by atoms with van der Waals surface area (Å²) in [5.74, 6) is -0.247. The number of hydrogen-bond donors (Lipinski definition) is 1. The van der Waals surface area contributed by atoms with Gasteiger partial charge in [0.05, 0.1) is 43.6 Å². The number of anilines is 1. The summed E-state index contributed by atoms with van der Waals surface area (Å²) < 4.78 is 11.0. The van der Waals surface area contributed by atoms with Gasteiger partial charge in [0.1, 0.15) is 0 Å². The van der Waals surface area contributed by atoms with Gasteiger partial charge in [-0.05, 0) is 53.8 Å². The van der Waals surface area contributed by atoms with Crippen molar-refractivity contribution in [3.8, 4) is 11.5 Å². The third-order valence-corrected chi connectivity index (χ3v) is 7.52. The van der Waals surface area contributed by atoms with Gasteiger partial charge in [0, 0.05) is 22.9 Å². The molecule has 0 fully saturated rings. The summed E-state index contributed by atoms with van der Waals surface area (Å²) in [5, 5.41) is 3.98. The minimum Gasteiger partial charge on any atom is -0.493 e. The van der Waals surface area contributed by atoms with Crippen molar-refractivity contribution in [2.75, 3.05) is 32.8 Å². The number of nitrogens with one attached hydrogen (secondary N) is 1. The van der Waals surface area contributed by atoms with Crippen LogP contribution in [0.2, 0.25) is 0 Å². The molecule has 1 aromatic heterocycles. The molecule has 2 amide bonds. The van der Waals surface area contributed by atoms with Crippen LogP contribution < -0.4 is 14.8 Å². The zero-order valence-corrected chi connectivity index (χ0v) is 21.8. The van der Waals surface area contributed by atoms with Gasteiger partial charge in [0.15, 0.2) is 11.5 Å². The van der Waals surface area contributed by atoms with E-state index in [1.165, 1.54) is 14.2 Å². The number of carbonyl (C=O) groups is 2. The summed E-state index contributed by atoms with van der Waals surface area (Å²) >= 11 is 1.64. The average Bonchev–Trinajstić information content (AvgIpc) is 2.94. The predicted octanol–water partition coefficient (Wildman–Crippen LogP) is 5.52. The van der Waals surface area contributed by atoms with E-state index >= 15 is 0 Å². The number of likely N-dealkylation sites (N-methyl/N-ethyl adjacent to an activating group) is 1. The molecule has 0 spiro atoms. The van der Waals surface area contributed by atoms with Crippen molar-refractivity contribution in [1.82, 2.24) is 9.88 Å². The van der Waals surface area contributed by atoms with E-state index in [9.17, 15) is 9.59 Å². The molecule has 0 unspecified atom stereocenters. The summed E-state index contributed by atoms with van der Waals surface area (Å²) in [7, 11) is 4.79. The molecule has 7 nitrogen and oxygen atoms in total. The molecule has 3 aromatic carbocycles. The van der Waals surface area contributed by atoms with E-state index in [-0.39, 0.29) is 11.8 Å². The number of benzene rings is 3. The van der Waals surface area contributed by atoms with Gasteiger partial charge in [-0.15, -0.1) is 11.8 Å². The number of aromatic nitrogens is 1. The Morgan fingerprint density at radius 1 is 1.00 bits per heavy atom. The molecule has 0 bridgehead atoms. The highest BCUT2D eigenvalue weighted by molar-refractivity contribution is 7.98. The Labute approximate surface area is 219 Å².